The van der Waals surface area contributed by atoms with E-state index in [0.717, 1.165) is 16.9 Å². The fourth-order valence-electron chi connectivity index (χ4n) is 3.41. The minimum atomic E-state index is -0.318. The maximum absolute atomic E-state index is 13.4. The van der Waals surface area contributed by atoms with Crippen LogP contribution in [0.4, 0.5) is 10.1 Å². The molecule has 0 saturated carbocycles. The Balaban J connectivity index is 1.52. The van der Waals surface area contributed by atoms with Crippen molar-refractivity contribution in [3.63, 3.8) is 0 Å². The molecule has 1 fully saturated rings. The van der Waals surface area contributed by atoms with Crippen LogP contribution in [0.3, 0.4) is 0 Å². The van der Waals surface area contributed by atoms with Gasteiger partial charge in [-0.05, 0) is 61.9 Å². The maximum atomic E-state index is 13.4. The first-order chi connectivity index (χ1) is 13.5. The summed E-state index contributed by atoms with van der Waals surface area (Å²) in [7, 11) is 0. The van der Waals surface area contributed by atoms with Gasteiger partial charge in [0, 0.05) is 24.2 Å². The first kappa shape index (κ1) is 18.2. The molecule has 0 aliphatic carbocycles. The van der Waals surface area contributed by atoms with Crippen molar-refractivity contribution in [1.82, 2.24) is 10.1 Å². The van der Waals surface area contributed by atoms with Gasteiger partial charge in [-0.3, -0.25) is 4.79 Å². The summed E-state index contributed by atoms with van der Waals surface area (Å²) in [6, 6.07) is 11.9. The summed E-state index contributed by atoms with van der Waals surface area (Å²) in [4.78, 5) is 18.6. The zero-order valence-corrected chi connectivity index (χ0v) is 15.7. The molecule has 0 bridgehead atoms. The molecule has 1 aliphatic heterocycles. The third kappa shape index (κ3) is 3.47. The average molecular weight is 381 g/mol. The molecule has 1 unspecified atom stereocenters. The van der Waals surface area contributed by atoms with Gasteiger partial charge in [0.05, 0.1) is 12.5 Å². The Bertz CT molecular complexity index is 1000. The Morgan fingerprint density at radius 3 is 2.75 bits per heavy atom. The molecule has 144 valence electrons. The third-order valence-corrected chi connectivity index (χ3v) is 4.79. The second-order valence-electron chi connectivity index (χ2n) is 6.75. The molecule has 1 amide bonds. The molecule has 1 saturated heterocycles. The quantitative estimate of drug-likeness (QED) is 0.665. The molecule has 2 aromatic carbocycles. The summed E-state index contributed by atoms with van der Waals surface area (Å²) in [6.07, 6.45) is 0.279. The maximum Gasteiger partial charge on any atom is 0.232 e. The molecule has 0 spiro atoms. The summed E-state index contributed by atoms with van der Waals surface area (Å²) >= 11 is 0. The van der Waals surface area contributed by atoms with Crippen molar-refractivity contribution < 1.29 is 18.4 Å². The number of hydrogen-bond acceptors (Lipinski definition) is 5. The van der Waals surface area contributed by atoms with Crippen LogP contribution in [0.25, 0.3) is 11.4 Å². The van der Waals surface area contributed by atoms with E-state index in [4.69, 9.17) is 9.26 Å². The van der Waals surface area contributed by atoms with Gasteiger partial charge in [-0.2, -0.15) is 4.98 Å². The van der Waals surface area contributed by atoms with Crippen molar-refractivity contribution in [1.29, 1.82) is 0 Å². The first-order valence-corrected chi connectivity index (χ1v) is 9.18. The third-order valence-electron chi connectivity index (χ3n) is 4.79. The SMILES string of the molecule is CCOc1ccc(-c2noc(C3CC(=O)N(c4ccc(F)cc4C)C3)n2)cc1. The number of benzene rings is 2. The van der Waals surface area contributed by atoms with Gasteiger partial charge >= 0.3 is 0 Å². The Hall–Kier alpha value is -3.22. The normalized spacial score (nSPS) is 16.6. The molecule has 1 aromatic heterocycles. The standard InChI is InChI=1S/C21H20FN3O3/c1-3-27-17-7-4-14(5-8-17)20-23-21(28-24-20)15-11-19(26)25(12-15)18-9-6-16(22)10-13(18)2/h4-10,15H,3,11-12H2,1-2H3. The van der Waals surface area contributed by atoms with Crippen molar-refractivity contribution in [2.24, 2.45) is 0 Å². The lowest BCUT2D eigenvalue weighted by Gasteiger charge is -2.18. The molecule has 4 rings (SSSR count). The van der Waals surface area contributed by atoms with E-state index in [1.165, 1.54) is 12.1 Å². The number of halogens is 1. The van der Waals surface area contributed by atoms with Crippen LogP contribution in [0, 0.1) is 12.7 Å². The van der Waals surface area contributed by atoms with E-state index in [0.29, 0.717) is 30.6 Å². The topological polar surface area (TPSA) is 68.5 Å². The molecule has 1 atom stereocenters. The number of rotatable bonds is 5. The van der Waals surface area contributed by atoms with E-state index in [1.54, 1.807) is 17.9 Å². The van der Waals surface area contributed by atoms with E-state index < -0.39 is 0 Å². The predicted molar refractivity (Wildman–Crippen MR) is 102 cm³/mol. The van der Waals surface area contributed by atoms with Gasteiger partial charge in [0.2, 0.25) is 17.6 Å². The largest absolute Gasteiger partial charge is 0.494 e. The zero-order valence-electron chi connectivity index (χ0n) is 15.7. The molecule has 28 heavy (non-hydrogen) atoms. The smallest absolute Gasteiger partial charge is 0.232 e. The fraction of sp³-hybridized carbons (Fsp3) is 0.286. The fourth-order valence-corrected chi connectivity index (χ4v) is 3.41. The molecule has 7 heteroatoms. The Morgan fingerprint density at radius 1 is 1.25 bits per heavy atom. The molecule has 6 nitrogen and oxygen atoms in total. The lowest BCUT2D eigenvalue weighted by molar-refractivity contribution is -0.117. The summed E-state index contributed by atoms with van der Waals surface area (Å²) in [5, 5.41) is 4.05. The highest BCUT2D eigenvalue weighted by Crippen LogP contribution is 2.33. The van der Waals surface area contributed by atoms with Gasteiger partial charge in [0.15, 0.2) is 0 Å². The highest BCUT2D eigenvalue weighted by molar-refractivity contribution is 5.97. The first-order valence-electron chi connectivity index (χ1n) is 9.18. The molecule has 0 radical (unpaired) electrons. The van der Waals surface area contributed by atoms with Gasteiger partial charge in [-0.25, -0.2) is 4.39 Å². The van der Waals surface area contributed by atoms with Crippen LogP contribution < -0.4 is 9.64 Å². The lowest BCUT2D eigenvalue weighted by Crippen LogP contribution is -2.25. The summed E-state index contributed by atoms with van der Waals surface area (Å²) in [5.74, 6) is 1.13. The second-order valence-corrected chi connectivity index (χ2v) is 6.75. The summed E-state index contributed by atoms with van der Waals surface area (Å²) < 4.78 is 24.2. The predicted octanol–water partition coefficient (Wildman–Crippen LogP) is 4.10. The van der Waals surface area contributed by atoms with Crippen LogP contribution in [0.15, 0.2) is 47.0 Å². The van der Waals surface area contributed by atoms with E-state index >= 15 is 0 Å². The Morgan fingerprint density at radius 2 is 2.04 bits per heavy atom. The van der Waals surface area contributed by atoms with Crippen LogP contribution >= 0.6 is 0 Å². The van der Waals surface area contributed by atoms with Crippen LogP contribution in [-0.2, 0) is 4.79 Å². The number of nitrogens with zero attached hydrogens (tertiary/aromatic N) is 3. The number of hydrogen-bond donors (Lipinski definition) is 0. The minimum absolute atomic E-state index is 0.0412. The monoisotopic (exact) mass is 381 g/mol. The minimum Gasteiger partial charge on any atom is -0.494 e. The molecule has 1 aliphatic rings. The number of ether oxygens (including phenoxy) is 1. The number of carbonyl (C=O) groups is 1. The van der Waals surface area contributed by atoms with Gasteiger partial charge < -0.3 is 14.2 Å². The van der Waals surface area contributed by atoms with E-state index in [-0.39, 0.29) is 24.1 Å². The van der Waals surface area contributed by atoms with Gasteiger partial charge in [-0.1, -0.05) is 5.16 Å². The van der Waals surface area contributed by atoms with E-state index in [9.17, 15) is 9.18 Å². The number of carbonyl (C=O) groups excluding carboxylic acids is 1. The number of anilines is 1. The van der Waals surface area contributed by atoms with Gasteiger partial charge in [0.25, 0.3) is 0 Å². The molecule has 2 heterocycles. The van der Waals surface area contributed by atoms with Crippen molar-refractivity contribution in [3.05, 3.63) is 59.7 Å². The van der Waals surface area contributed by atoms with Crippen LogP contribution in [0.5, 0.6) is 5.75 Å². The summed E-state index contributed by atoms with van der Waals surface area (Å²) in [6.45, 7) is 4.75. The molecule has 0 N–H and O–H groups in total. The average Bonchev–Trinajstić information content (AvgIpc) is 3.30. The van der Waals surface area contributed by atoms with Crippen molar-refractivity contribution >= 4 is 11.6 Å². The highest BCUT2D eigenvalue weighted by Gasteiger charge is 2.35. The number of amides is 1. The second kappa shape index (κ2) is 7.42. The zero-order chi connectivity index (χ0) is 19.7. The number of aromatic nitrogens is 2. The summed E-state index contributed by atoms with van der Waals surface area (Å²) in [5.41, 5.74) is 2.24. The molecular formula is C21H20FN3O3. The number of aryl methyl sites for hydroxylation is 1. The highest BCUT2D eigenvalue weighted by atomic mass is 19.1. The van der Waals surface area contributed by atoms with Crippen LogP contribution in [0.2, 0.25) is 0 Å². The van der Waals surface area contributed by atoms with Gasteiger partial charge in [-0.15, -0.1) is 0 Å². The van der Waals surface area contributed by atoms with E-state index in [1.807, 2.05) is 31.2 Å². The van der Waals surface area contributed by atoms with E-state index in [2.05, 4.69) is 10.1 Å². The molecule has 3 aromatic rings. The molecular weight excluding hydrogens is 361 g/mol. The van der Waals surface area contributed by atoms with Crippen molar-refractivity contribution in [2.45, 2.75) is 26.2 Å². The van der Waals surface area contributed by atoms with Gasteiger partial charge in [0.1, 0.15) is 11.6 Å². The lowest BCUT2D eigenvalue weighted by atomic mass is 10.1. The Kier molecular flexibility index (Phi) is 4.81. The van der Waals surface area contributed by atoms with Crippen LogP contribution in [-0.4, -0.2) is 29.2 Å². The van der Waals surface area contributed by atoms with Crippen molar-refractivity contribution in [3.8, 4) is 17.1 Å². The van der Waals surface area contributed by atoms with Crippen molar-refractivity contribution in [2.75, 3.05) is 18.1 Å². The van der Waals surface area contributed by atoms with Crippen LogP contribution in [0.1, 0.15) is 30.7 Å². The Labute approximate surface area is 161 Å².